The summed E-state index contributed by atoms with van der Waals surface area (Å²) in [6, 6.07) is 10.3. The van der Waals surface area contributed by atoms with E-state index in [0.29, 0.717) is 34.0 Å². The molecule has 0 saturated carbocycles. The number of rotatable bonds is 8. The van der Waals surface area contributed by atoms with Gasteiger partial charge >= 0.3 is 11.9 Å². The summed E-state index contributed by atoms with van der Waals surface area (Å²) in [6.07, 6.45) is 1.19. The van der Waals surface area contributed by atoms with Crippen molar-refractivity contribution in [1.82, 2.24) is 4.90 Å². The van der Waals surface area contributed by atoms with Gasteiger partial charge in [-0.3, -0.25) is 14.5 Å². The highest BCUT2D eigenvalue weighted by Gasteiger charge is 2.44. The molecular formula is C28H27N3O8S. The Hall–Kier alpha value is -4.58. The Labute approximate surface area is 234 Å². The fourth-order valence-electron chi connectivity index (χ4n) is 4.30. The number of amides is 2. The van der Waals surface area contributed by atoms with Crippen LogP contribution in [0.4, 0.5) is 5.69 Å². The van der Waals surface area contributed by atoms with Crippen LogP contribution in [0.1, 0.15) is 35.8 Å². The van der Waals surface area contributed by atoms with Crippen LogP contribution in [0.3, 0.4) is 0 Å². The summed E-state index contributed by atoms with van der Waals surface area (Å²) in [4.78, 5) is 57.4. The molecule has 0 aromatic heterocycles. The van der Waals surface area contributed by atoms with Gasteiger partial charge in [0.05, 0.1) is 49.7 Å². The summed E-state index contributed by atoms with van der Waals surface area (Å²) >= 11 is 0.983. The second-order valence-electron chi connectivity index (χ2n) is 8.44. The maximum absolute atomic E-state index is 13.6. The quantitative estimate of drug-likeness (QED) is 0.474. The van der Waals surface area contributed by atoms with Gasteiger partial charge in [-0.15, -0.1) is 0 Å². The van der Waals surface area contributed by atoms with Crippen LogP contribution in [0.2, 0.25) is 0 Å². The number of amidine groups is 1. The molecule has 1 atom stereocenters. The summed E-state index contributed by atoms with van der Waals surface area (Å²) in [5.74, 6) is -1.48. The fraction of sp³-hybridized carbons (Fsp3) is 0.250. The van der Waals surface area contributed by atoms with Crippen LogP contribution in [0, 0.1) is 0 Å². The molecule has 0 radical (unpaired) electrons. The molecule has 2 heterocycles. The molecule has 1 unspecified atom stereocenters. The van der Waals surface area contributed by atoms with Gasteiger partial charge in [-0.2, -0.15) is 0 Å². The lowest BCUT2D eigenvalue weighted by atomic mass is 9.93. The molecule has 2 aliphatic rings. The van der Waals surface area contributed by atoms with Gasteiger partial charge in [-0.1, -0.05) is 12.1 Å². The molecule has 208 valence electrons. The largest absolute Gasteiger partial charge is 0.493 e. The van der Waals surface area contributed by atoms with E-state index in [1.165, 1.54) is 44.4 Å². The Bertz CT molecular complexity index is 1460. The molecule has 12 heteroatoms. The van der Waals surface area contributed by atoms with Crippen molar-refractivity contribution in [2.24, 2.45) is 4.99 Å². The number of carbonyl (C=O) groups is 4. The number of para-hydroxylation sites is 1. The zero-order chi connectivity index (χ0) is 29.0. The monoisotopic (exact) mass is 565 g/mol. The van der Waals surface area contributed by atoms with Crippen molar-refractivity contribution in [3.63, 3.8) is 0 Å². The molecule has 0 saturated heterocycles. The van der Waals surface area contributed by atoms with Gasteiger partial charge < -0.3 is 24.3 Å². The van der Waals surface area contributed by atoms with Crippen molar-refractivity contribution in [2.75, 3.05) is 33.3 Å². The molecule has 4 rings (SSSR count). The first kappa shape index (κ1) is 28.4. The minimum absolute atomic E-state index is 0.0980. The summed E-state index contributed by atoms with van der Waals surface area (Å²) in [7, 11) is 4.23. The molecule has 2 aliphatic heterocycles. The third-order valence-corrected chi connectivity index (χ3v) is 7.09. The molecule has 0 spiro atoms. The fourth-order valence-corrected chi connectivity index (χ4v) is 5.28. The molecule has 2 aromatic rings. The Morgan fingerprint density at radius 3 is 2.38 bits per heavy atom. The predicted molar refractivity (Wildman–Crippen MR) is 148 cm³/mol. The number of ether oxygens (including phenoxy) is 4. The van der Waals surface area contributed by atoms with Crippen molar-refractivity contribution in [2.45, 2.75) is 19.9 Å². The van der Waals surface area contributed by atoms with E-state index in [-0.39, 0.29) is 22.3 Å². The number of methoxy groups -OCH3 is 3. The number of esters is 2. The van der Waals surface area contributed by atoms with Gasteiger partial charge in [0.25, 0.3) is 11.8 Å². The number of carbonyl (C=O) groups excluding carboxylic acids is 4. The van der Waals surface area contributed by atoms with Crippen LogP contribution in [-0.4, -0.2) is 61.8 Å². The molecule has 11 nitrogen and oxygen atoms in total. The van der Waals surface area contributed by atoms with Crippen LogP contribution in [-0.2, 0) is 23.9 Å². The highest BCUT2D eigenvalue weighted by Crippen LogP contribution is 2.46. The zero-order valence-corrected chi connectivity index (χ0v) is 23.3. The van der Waals surface area contributed by atoms with Gasteiger partial charge in [0.15, 0.2) is 16.7 Å². The van der Waals surface area contributed by atoms with Gasteiger partial charge in [0.2, 0.25) is 0 Å². The van der Waals surface area contributed by atoms with E-state index in [1.807, 2.05) is 0 Å². The highest BCUT2D eigenvalue weighted by atomic mass is 32.2. The van der Waals surface area contributed by atoms with Crippen LogP contribution in [0.15, 0.2) is 69.7 Å². The first-order chi connectivity index (χ1) is 19.2. The van der Waals surface area contributed by atoms with Crippen molar-refractivity contribution in [3.8, 4) is 11.5 Å². The number of nitrogens with zero attached hydrogens (tertiary/aromatic N) is 2. The first-order valence-electron chi connectivity index (χ1n) is 12.1. The minimum Gasteiger partial charge on any atom is -0.493 e. The van der Waals surface area contributed by atoms with E-state index >= 15 is 0 Å². The van der Waals surface area contributed by atoms with E-state index in [1.54, 1.807) is 44.2 Å². The molecular weight excluding hydrogens is 538 g/mol. The molecule has 2 aromatic carbocycles. The molecule has 40 heavy (non-hydrogen) atoms. The van der Waals surface area contributed by atoms with Crippen LogP contribution in [0.25, 0.3) is 0 Å². The van der Waals surface area contributed by atoms with Crippen molar-refractivity contribution in [3.05, 3.63) is 75.8 Å². The van der Waals surface area contributed by atoms with E-state index in [4.69, 9.17) is 14.2 Å². The van der Waals surface area contributed by atoms with Gasteiger partial charge in [0, 0.05) is 17.3 Å². The Morgan fingerprint density at radius 2 is 1.75 bits per heavy atom. The lowest BCUT2D eigenvalue weighted by molar-refractivity contribution is -0.139. The average molecular weight is 566 g/mol. The van der Waals surface area contributed by atoms with E-state index in [9.17, 15) is 19.2 Å². The maximum atomic E-state index is 13.6. The Balaban J connectivity index is 1.72. The number of fused-ring (bicyclic) bond motifs is 1. The summed E-state index contributed by atoms with van der Waals surface area (Å²) < 4.78 is 21.1. The third-order valence-electron chi connectivity index (χ3n) is 6.10. The normalized spacial score (nSPS) is 16.4. The Kier molecular flexibility index (Phi) is 8.58. The van der Waals surface area contributed by atoms with Crippen LogP contribution in [0.5, 0.6) is 11.5 Å². The van der Waals surface area contributed by atoms with Crippen LogP contribution >= 0.6 is 11.8 Å². The topological polar surface area (TPSA) is 133 Å². The third kappa shape index (κ3) is 5.43. The first-order valence-corrected chi connectivity index (χ1v) is 13.0. The van der Waals surface area contributed by atoms with Gasteiger partial charge in [0.1, 0.15) is 6.04 Å². The molecule has 0 aliphatic carbocycles. The molecule has 1 N–H and O–H groups in total. The summed E-state index contributed by atoms with van der Waals surface area (Å²) in [5, 5.41) is 2.92. The lowest BCUT2D eigenvalue weighted by Crippen LogP contribution is -2.45. The number of nitrogens with one attached hydrogen (secondary N) is 1. The smallest absolute Gasteiger partial charge is 0.338 e. The zero-order valence-electron chi connectivity index (χ0n) is 22.5. The molecule has 0 fully saturated rings. The number of hydrogen-bond acceptors (Lipinski definition) is 10. The van der Waals surface area contributed by atoms with Crippen molar-refractivity contribution >= 4 is 46.4 Å². The van der Waals surface area contributed by atoms with E-state index < -0.39 is 29.8 Å². The lowest BCUT2D eigenvalue weighted by Gasteiger charge is -2.38. The summed E-state index contributed by atoms with van der Waals surface area (Å²) in [6.45, 7) is 3.45. The summed E-state index contributed by atoms with van der Waals surface area (Å²) in [5.41, 5.74) is 1.72. The standard InChI is InChI=1S/C28H27N3O8S/c1-6-39-27(35)22-15(2)29-28-31(23(22)18-8-7-9-19(36-3)24(18)37-4)21(32)14-20(40-28)25(33)30-17-12-10-16(11-13-17)26(34)38-5/h7-14,23H,6H2,1-5H3,(H,30,33). The number of anilines is 1. The highest BCUT2D eigenvalue weighted by molar-refractivity contribution is 8.18. The molecule has 0 bridgehead atoms. The predicted octanol–water partition coefficient (Wildman–Crippen LogP) is 3.84. The van der Waals surface area contributed by atoms with E-state index in [0.717, 1.165) is 11.8 Å². The van der Waals surface area contributed by atoms with E-state index in [2.05, 4.69) is 15.0 Å². The van der Waals surface area contributed by atoms with Crippen molar-refractivity contribution < 1.29 is 38.1 Å². The number of hydrogen-bond donors (Lipinski definition) is 1. The number of thioether (sulfide) groups is 1. The number of aliphatic imine (C=N–C) groups is 1. The van der Waals surface area contributed by atoms with Crippen molar-refractivity contribution in [1.29, 1.82) is 0 Å². The molecule has 2 amide bonds. The Morgan fingerprint density at radius 1 is 1.02 bits per heavy atom. The number of benzene rings is 2. The minimum atomic E-state index is -0.955. The maximum Gasteiger partial charge on any atom is 0.338 e. The number of allylic oxidation sites excluding steroid dienone is 1. The van der Waals surface area contributed by atoms with Crippen LogP contribution < -0.4 is 14.8 Å². The van der Waals surface area contributed by atoms with Gasteiger partial charge in [-0.25, -0.2) is 14.6 Å². The SMILES string of the molecule is CCOC(=O)C1=C(C)N=C2SC(C(=O)Nc3ccc(C(=O)OC)cc3)=CC(=O)N2C1c1cccc(OC)c1OC. The average Bonchev–Trinajstić information content (AvgIpc) is 2.95. The van der Waals surface area contributed by atoms with Gasteiger partial charge in [-0.05, 0) is 55.9 Å². The second-order valence-corrected chi connectivity index (χ2v) is 9.45. The second kappa shape index (κ2) is 12.1.